The smallest absolute Gasteiger partial charge is 0.133 e. The normalized spacial score (nSPS) is 19.9. The standard InChI is InChI=1S/C12H17BrN2O/c13-11-8-9(14)3-4-12(11)16-7-5-10-2-1-6-15-10/h3-4,8,10,15H,1-2,5-7,14H2. The van der Waals surface area contributed by atoms with Crippen LogP contribution in [0, 0.1) is 0 Å². The summed E-state index contributed by atoms with van der Waals surface area (Å²) in [5.41, 5.74) is 6.41. The van der Waals surface area contributed by atoms with Crippen LogP contribution in [0.4, 0.5) is 5.69 Å². The summed E-state index contributed by atoms with van der Waals surface area (Å²) in [6.07, 6.45) is 3.62. The summed E-state index contributed by atoms with van der Waals surface area (Å²) in [4.78, 5) is 0. The molecule has 88 valence electrons. The second kappa shape index (κ2) is 5.55. The molecule has 1 aromatic carbocycles. The molecular weight excluding hydrogens is 268 g/mol. The van der Waals surface area contributed by atoms with Gasteiger partial charge in [0.05, 0.1) is 11.1 Å². The fourth-order valence-corrected chi connectivity index (χ4v) is 2.46. The fourth-order valence-electron chi connectivity index (χ4n) is 1.95. The van der Waals surface area contributed by atoms with Crippen LogP contribution < -0.4 is 15.8 Å². The molecule has 1 aromatic rings. The number of nitrogens with one attached hydrogen (secondary N) is 1. The number of hydrogen-bond acceptors (Lipinski definition) is 3. The average molecular weight is 285 g/mol. The number of halogens is 1. The molecule has 0 spiro atoms. The molecule has 0 saturated carbocycles. The number of anilines is 1. The molecule has 2 rings (SSSR count). The van der Waals surface area contributed by atoms with E-state index in [2.05, 4.69) is 21.2 Å². The van der Waals surface area contributed by atoms with Gasteiger partial charge in [0.2, 0.25) is 0 Å². The van der Waals surface area contributed by atoms with E-state index >= 15 is 0 Å². The van der Waals surface area contributed by atoms with Crippen LogP contribution in [0.15, 0.2) is 22.7 Å². The lowest BCUT2D eigenvalue weighted by atomic mass is 10.2. The van der Waals surface area contributed by atoms with E-state index in [1.165, 1.54) is 12.8 Å². The molecule has 3 N–H and O–H groups in total. The molecule has 1 fully saturated rings. The van der Waals surface area contributed by atoms with Crippen molar-refractivity contribution in [2.45, 2.75) is 25.3 Å². The summed E-state index contributed by atoms with van der Waals surface area (Å²) in [7, 11) is 0. The number of nitrogen functional groups attached to an aromatic ring is 1. The van der Waals surface area contributed by atoms with Crippen LogP contribution in [0.1, 0.15) is 19.3 Å². The molecule has 4 heteroatoms. The summed E-state index contributed by atoms with van der Waals surface area (Å²) in [6.45, 7) is 1.90. The molecular formula is C12H17BrN2O. The molecule has 1 unspecified atom stereocenters. The third-order valence-corrected chi connectivity index (χ3v) is 3.46. The highest BCUT2D eigenvalue weighted by Crippen LogP contribution is 2.27. The van der Waals surface area contributed by atoms with Gasteiger partial charge in [0.25, 0.3) is 0 Å². The molecule has 1 aliphatic heterocycles. The van der Waals surface area contributed by atoms with E-state index in [1.54, 1.807) is 0 Å². The quantitative estimate of drug-likeness (QED) is 0.836. The minimum absolute atomic E-state index is 0.632. The highest BCUT2D eigenvalue weighted by Gasteiger charge is 2.13. The zero-order valence-corrected chi connectivity index (χ0v) is 10.8. The maximum atomic E-state index is 5.71. The van der Waals surface area contributed by atoms with Crippen molar-refractivity contribution in [2.75, 3.05) is 18.9 Å². The van der Waals surface area contributed by atoms with Gasteiger partial charge in [-0.2, -0.15) is 0 Å². The molecule has 16 heavy (non-hydrogen) atoms. The molecule has 1 atom stereocenters. The van der Waals surface area contributed by atoms with E-state index in [4.69, 9.17) is 10.5 Å². The van der Waals surface area contributed by atoms with E-state index in [1.807, 2.05) is 18.2 Å². The Morgan fingerprint density at radius 3 is 3.06 bits per heavy atom. The van der Waals surface area contributed by atoms with Gasteiger partial charge < -0.3 is 15.8 Å². The maximum absolute atomic E-state index is 5.71. The highest BCUT2D eigenvalue weighted by atomic mass is 79.9. The van der Waals surface area contributed by atoms with Gasteiger partial charge in [-0.15, -0.1) is 0 Å². The fraction of sp³-hybridized carbons (Fsp3) is 0.500. The predicted molar refractivity (Wildman–Crippen MR) is 69.7 cm³/mol. The lowest BCUT2D eigenvalue weighted by Gasteiger charge is -2.12. The maximum Gasteiger partial charge on any atom is 0.133 e. The Labute approximate surface area is 104 Å². The van der Waals surface area contributed by atoms with Crippen LogP contribution in [0.5, 0.6) is 5.75 Å². The van der Waals surface area contributed by atoms with Crippen molar-refractivity contribution >= 4 is 21.6 Å². The highest BCUT2D eigenvalue weighted by molar-refractivity contribution is 9.10. The number of hydrogen-bond donors (Lipinski definition) is 2. The monoisotopic (exact) mass is 284 g/mol. The Balaban J connectivity index is 1.80. The van der Waals surface area contributed by atoms with Crippen molar-refractivity contribution in [3.63, 3.8) is 0 Å². The Bertz CT molecular complexity index is 351. The molecule has 0 amide bonds. The summed E-state index contributed by atoms with van der Waals surface area (Å²) in [5.74, 6) is 0.868. The summed E-state index contributed by atoms with van der Waals surface area (Å²) < 4.78 is 6.63. The Morgan fingerprint density at radius 1 is 1.50 bits per heavy atom. The number of benzene rings is 1. The van der Waals surface area contributed by atoms with Crippen LogP contribution in [0.3, 0.4) is 0 Å². The van der Waals surface area contributed by atoms with Crippen molar-refractivity contribution in [3.05, 3.63) is 22.7 Å². The zero-order chi connectivity index (χ0) is 11.4. The van der Waals surface area contributed by atoms with Crippen LogP contribution in [-0.2, 0) is 0 Å². The topological polar surface area (TPSA) is 47.3 Å². The first-order chi connectivity index (χ1) is 7.75. The van der Waals surface area contributed by atoms with Gasteiger partial charge in [0.15, 0.2) is 0 Å². The van der Waals surface area contributed by atoms with Gasteiger partial charge in [-0.05, 0) is 59.9 Å². The molecule has 1 saturated heterocycles. The van der Waals surface area contributed by atoms with E-state index in [0.29, 0.717) is 6.04 Å². The molecule has 0 aliphatic carbocycles. The van der Waals surface area contributed by atoms with Crippen LogP contribution in [0.2, 0.25) is 0 Å². The Morgan fingerprint density at radius 2 is 2.38 bits per heavy atom. The van der Waals surface area contributed by atoms with Crippen molar-refractivity contribution in [3.8, 4) is 5.75 Å². The van der Waals surface area contributed by atoms with E-state index in [9.17, 15) is 0 Å². The first-order valence-electron chi connectivity index (χ1n) is 5.67. The van der Waals surface area contributed by atoms with Crippen LogP contribution in [-0.4, -0.2) is 19.2 Å². The molecule has 0 aromatic heterocycles. The van der Waals surface area contributed by atoms with Crippen LogP contribution in [0.25, 0.3) is 0 Å². The van der Waals surface area contributed by atoms with E-state index in [-0.39, 0.29) is 0 Å². The van der Waals surface area contributed by atoms with Crippen molar-refractivity contribution < 1.29 is 4.74 Å². The minimum atomic E-state index is 0.632. The second-order valence-electron chi connectivity index (χ2n) is 4.12. The van der Waals surface area contributed by atoms with Gasteiger partial charge in [0, 0.05) is 11.7 Å². The SMILES string of the molecule is Nc1ccc(OCCC2CCCN2)c(Br)c1. The largest absolute Gasteiger partial charge is 0.492 e. The van der Waals surface area contributed by atoms with Crippen molar-refractivity contribution in [1.82, 2.24) is 5.32 Å². The number of nitrogens with two attached hydrogens (primary N) is 1. The van der Waals surface area contributed by atoms with Gasteiger partial charge in [-0.1, -0.05) is 0 Å². The van der Waals surface area contributed by atoms with Gasteiger partial charge in [-0.25, -0.2) is 0 Å². The van der Waals surface area contributed by atoms with Crippen molar-refractivity contribution in [1.29, 1.82) is 0 Å². The first-order valence-corrected chi connectivity index (χ1v) is 6.46. The molecule has 1 heterocycles. The van der Waals surface area contributed by atoms with Gasteiger partial charge >= 0.3 is 0 Å². The summed E-state index contributed by atoms with van der Waals surface area (Å²) in [5, 5.41) is 3.45. The second-order valence-corrected chi connectivity index (χ2v) is 4.97. The summed E-state index contributed by atoms with van der Waals surface area (Å²) in [6, 6.07) is 6.26. The molecule has 3 nitrogen and oxygen atoms in total. The molecule has 1 aliphatic rings. The lowest BCUT2D eigenvalue weighted by Crippen LogP contribution is -2.23. The number of ether oxygens (including phenoxy) is 1. The number of rotatable bonds is 4. The summed E-state index contributed by atoms with van der Waals surface area (Å²) >= 11 is 3.44. The first kappa shape index (κ1) is 11.7. The lowest BCUT2D eigenvalue weighted by molar-refractivity contribution is 0.290. The van der Waals surface area contributed by atoms with Crippen molar-refractivity contribution in [2.24, 2.45) is 0 Å². The minimum Gasteiger partial charge on any atom is -0.492 e. The Kier molecular flexibility index (Phi) is 4.07. The van der Waals surface area contributed by atoms with E-state index in [0.717, 1.165) is 35.5 Å². The zero-order valence-electron chi connectivity index (χ0n) is 9.21. The molecule has 0 radical (unpaired) electrons. The molecule has 0 bridgehead atoms. The third kappa shape index (κ3) is 3.12. The van der Waals surface area contributed by atoms with Gasteiger partial charge in [-0.3, -0.25) is 0 Å². The van der Waals surface area contributed by atoms with Crippen LogP contribution >= 0.6 is 15.9 Å². The predicted octanol–water partition coefficient (Wildman–Crippen LogP) is 2.55. The average Bonchev–Trinajstić information content (AvgIpc) is 2.74. The third-order valence-electron chi connectivity index (χ3n) is 2.84. The van der Waals surface area contributed by atoms with E-state index < -0.39 is 0 Å². The Hall–Kier alpha value is -0.740. The van der Waals surface area contributed by atoms with Gasteiger partial charge in [0.1, 0.15) is 5.75 Å².